The van der Waals surface area contributed by atoms with Crippen molar-refractivity contribution in [1.82, 2.24) is 4.98 Å². The van der Waals surface area contributed by atoms with E-state index in [1.165, 1.54) is 4.90 Å². The van der Waals surface area contributed by atoms with Crippen molar-refractivity contribution in [2.75, 3.05) is 18.1 Å². The summed E-state index contributed by atoms with van der Waals surface area (Å²) in [6.07, 6.45) is 4.66. The van der Waals surface area contributed by atoms with Crippen LogP contribution < -0.4 is 9.64 Å². The van der Waals surface area contributed by atoms with Gasteiger partial charge in [0.25, 0.3) is 0 Å². The Hall–Kier alpha value is -2.89. The number of aromatic nitrogens is 1. The zero-order valence-electron chi connectivity index (χ0n) is 14.0. The third kappa shape index (κ3) is 3.63. The maximum absolute atomic E-state index is 12.3. The number of hydrogen-bond donors (Lipinski definition) is 1. The molecule has 6 heteroatoms. The van der Waals surface area contributed by atoms with Gasteiger partial charge in [0.1, 0.15) is 11.7 Å². The fraction of sp³-hybridized carbons (Fsp3) is 0.316. The number of aliphatic carboxylic acids is 1. The fourth-order valence-corrected chi connectivity index (χ4v) is 2.89. The Morgan fingerprint density at radius 2 is 2.16 bits per heavy atom. The fourth-order valence-electron chi connectivity index (χ4n) is 2.89. The number of benzene rings is 1. The zero-order valence-corrected chi connectivity index (χ0v) is 14.0. The van der Waals surface area contributed by atoms with E-state index >= 15 is 0 Å². The van der Waals surface area contributed by atoms with Gasteiger partial charge in [0.15, 0.2) is 0 Å². The van der Waals surface area contributed by atoms with Crippen molar-refractivity contribution in [3.8, 4) is 16.9 Å². The van der Waals surface area contributed by atoms with Crippen molar-refractivity contribution >= 4 is 17.6 Å². The van der Waals surface area contributed by atoms with Gasteiger partial charge in [0.05, 0.1) is 12.8 Å². The summed E-state index contributed by atoms with van der Waals surface area (Å²) < 4.78 is 5.61. The van der Waals surface area contributed by atoms with Gasteiger partial charge in [-0.3, -0.25) is 14.6 Å². The summed E-state index contributed by atoms with van der Waals surface area (Å²) in [6.45, 7) is 3.08. The van der Waals surface area contributed by atoms with Gasteiger partial charge in [0.2, 0.25) is 5.91 Å². The lowest BCUT2D eigenvalue weighted by atomic mass is 10.1. The lowest BCUT2D eigenvalue weighted by Crippen LogP contribution is -2.30. The number of carbonyl (C=O) groups is 2. The van der Waals surface area contributed by atoms with Gasteiger partial charge in [0, 0.05) is 24.0 Å². The Bertz CT molecular complexity index is 790. The maximum Gasteiger partial charge on any atom is 0.316 e. The van der Waals surface area contributed by atoms with Gasteiger partial charge >= 0.3 is 5.97 Å². The average Bonchev–Trinajstić information content (AvgIpc) is 3.02. The standard InChI is InChI=1S/C19H20N2O4/c1-2-8-25-16-10-14(11-20-12-16)13-4-3-5-15(9-13)21-7-6-17(18(21)22)19(23)24/h3-5,9-12,17H,2,6-8H2,1H3,(H,23,24). The minimum atomic E-state index is -1.06. The van der Waals surface area contributed by atoms with E-state index in [9.17, 15) is 9.59 Å². The molecule has 1 atom stereocenters. The highest BCUT2D eigenvalue weighted by Gasteiger charge is 2.37. The van der Waals surface area contributed by atoms with E-state index in [1.54, 1.807) is 12.4 Å². The molecule has 0 radical (unpaired) electrons. The number of pyridine rings is 1. The number of rotatable bonds is 6. The van der Waals surface area contributed by atoms with E-state index in [-0.39, 0.29) is 5.91 Å². The molecule has 1 fully saturated rings. The van der Waals surface area contributed by atoms with Gasteiger partial charge in [-0.1, -0.05) is 19.1 Å². The minimum Gasteiger partial charge on any atom is -0.492 e. The molecule has 25 heavy (non-hydrogen) atoms. The highest BCUT2D eigenvalue weighted by Crippen LogP contribution is 2.30. The molecule has 1 aliphatic heterocycles. The first-order valence-corrected chi connectivity index (χ1v) is 8.32. The second kappa shape index (κ2) is 7.34. The van der Waals surface area contributed by atoms with Crippen LogP contribution in [0.15, 0.2) is 42.7 Å². The summed E-state index contributed by atoms with van der Waals surface area (Å²) in [6, 6.07) is 9.39. The number of anilines is 1. The van der Waals surface area contributed by atoms with Gasteiger partial charge in [-0.2, -0.15) is 0 Å². The first-order valence-electron chi connectivity index (χ1n) is 8.32. The topological polar surface area (TPSA) is 79.7 Å². The highest BCUT2D eigenvalue weighted by atomic mass is 16.5. The SMILES string of the molecule is CCCOc1cncc(-c2cccc(N3CCC(C(=O)O)C3=O)c2)c1. The van der Waals surface area contributed by atoms with Crippen LogP contribution in [0.2, 0.25) is 0 Å². The van der Waals surface area contributed by atoms with Crippen molar-refractivity contribution in [2.45, 2.75) is 19.8 Å². The van der Waals surface area contributed by atoms with E-state index in [0.29, 0.717) is 31.0 Å². The minimum absolute atomic E-state index is 0.334. The Kier molecular flexibility index (Phi) is 4.97. The highest BCUT2D eigenvalue weighted by molar-refractivity contribution is 6.07. The molecule has 130 valence electrons. The number of nitrogens with zero attached hydrogens (tertiary/aromatic N) is 2. The van der Waals surface area contributed by atoms with Crippen LogP contribution in [0.25, 0.3) is 11.1 Å². The molecule has 1 saturated heterocycles. The third-order valence-corrected chi connectivity index (χ3v) is 4.18. The van der Waals surface area contributed by atoms with E-state index < -0.39 is 11.9 Å². The second-order valence-corrected chi connectivity index (χ2v) is 5.98. The van der Waals surface area contributed by atoms with Gasteiger partial charge in [-0.25, -0.2) is 0 Å². The molecule has 1 aromatic heterocycles. The molecule has 1 aromatic carbocycles. The van der Waals surface area contributed by atoms with Crippen molar-refractivity contribution in [3.05, 3.63) is 42.7 Å². The van der Waals surface area contributed by atoms with Crippen molar-refractivity contribution < 1.29 is 19.4 Å². The van der Waals surface area contributed by atoms with E-state index in [2.05, 4.69) is 4.98 Å². The third-order valence-electron chi connectivity index (χ3n) is 4.18. The molecule has 0 aliphatic carbocycles. The lowest BCUT2D eigenvalue weighted by Gasteiger charge is -2.17. The van der Waals surface area contributed by atoms with Crippen LogP contribution in [-0.2, 0) is 9.59 Å². The van der Waals surface area contributed by atoms with Crippen LogP contribution in [0.3, 0.4) is 0 Å². The molecule has 0 bridgehead atoms. The van der Waals surface area contributed by atoms with Crippen LogP contribution in [0.5, 0.6) is 5.75 Å². The first kappa shape index (κ1) is 17.0. The molecule has 1 amide bonds. The predicted molar refractivity (Wildman–Crippen MR) is 93.6 cm³/mol. The molecule has 1 unspecified atom stereocenters. The van der Waals surface area contributed by atoms with E-state index in [0.717, 1.165) is 17.5 Å². The Morgan fingerprint density at radius 3 is 2.88 bits per heavy atom. The van der Waals surface area contributed by atoms with E-state index in [1.807, 2.05) is 37.3 Å². The van der Waals surface area contributed by atoms with Gasteiger partial charge in [-0.15, -0.1) is 0 Å². The number of amides is 1. The molecular weight excluding hydrogens is 320 g/mol. The van der Waals surface area contributed by atoms with Crippen LogP contribution in [-0.4, -0.2) is 35.1 Å². The summed E-state index contributed by atoms with van der Waals surface area (Å²) in [5.41, 5.74) is 2.49. The largest absolute Gasteiger partial charge is 0.492 e. The normalized spacial score (nSPS) is 16.9. The molecule has 2 aromatic rings. The molecule has 0 spiro atoms. The Balaban J connectivity index is 1.85. The molecule has 3 rings (SSSR count). The smallest absolute Gasteiger partial charge is 0.316 e. The summed E-state index contributed by atoms with van der Waals surface area (Å²) in [5.74, 6) is -1.67. The molecular formula is C19H20N2O4. The van der Waals surface area contributed by atoms with E-state index in [4.69, 9.17) is 9.84 Å². The van der Waals surface area contributed by atoms with Crippen LogP contribution in [0.4, 0.5) is 5.69 Å². The monoisotopic (exact) mass is 340 g/mol. The molecule has 1 aliphatic rings. The quantitative estimate of drug-likeness (QED) is 0.818. The summed E-state index contributed by atoms with van der Waals surface area (Å²) in [4.78, 5) is 29.2. The molecule has 0 saturated carbocycles. The van der Waals surface area contributed by atoms with Crippen molar-refractivity contribution in [1.29, 1.82) is 0 Å². The Morgan fingerprint density at radius 1 is 1.32 bits per heavy atom. The first-order chi connectivity index (χ1) is 12.1. The summed E-state index contributed by atoms with van der Waals surface area (Å²) in [7, 11) is 0. The molecule has 2 heterocycles. The zero-order chi connectivity index (χ0) is 17.8. The average molecular weight is 340 g/mol. The van der Waals surface area contributed by atoms with Gasteiger partial charge in [-0.05, 0) is 36.6 Å². The van der Waals surface area contributed by atoms with Crippen LogP contribution >= 0.6 is 0 Å². The van der Waals surface area contributed by atoms with Crippen molar-refractivity contribution in [2.24, 2.45) is 5.92 Å². The molecule has 1 N–H and O–H groups in total. The maximum atomic E-state index is 12.3. The molecule has 6 nitrogen and oxygen atoms in total. The summed E-state index contributed by atoms with van der Waals surface area (Å²) >= 11 is 0. The summed E-state index contributed by atoms with van der Waals surface area (Å²) in [5, 5.41) is 9.11. The van der Waals surface area contributed by atoms with Crippen LogP contribution in [0, 0.1) is 5.92 Å². The Labute approximate surface area is 146 Å². The van der Waals surface area contributed by atoms with Crippen molar-refractivity contribution in [3.63, 3.8) is 0 Å². The van der Waals surface area contributed by atoms with Crippen LogP contribution in [0.1, 0.15) is 19.8 Å². The second-order valence-electron chi connectivity index (χ2n) is 5.98. The number of carbonyl (C=O) groups excluding carboxylic acids is 1. The predicted octanol–water partition coefficient (Wildman–Crippen LogP) is 2.97. The van der Waals surface area contributed by atoms with Gasteiger partial charge < -0.3 is 14.7 Å². The number of carboxylic acids is 1. The number of ether oxygens (including phenoxy) is 1. The lowest BCUT2D eigenvalue weighted by molar-refractivity contribution is -0.144. The number of hydrogen-bond acceptors (Lipinski definition) is 4. The number of carboxylic acid groups (broad SMARTS) is 1.